The lowest BCUT2D eigenvalue weighted by atomic mass is 9.88. The van der Waals surface area contributed by atoms with Crippen molar-refractivity contribution in [3.05, 3.63) is 53.1 Å². The molecule has 1 aromatic carbocycles. The van der Waals surface area contributed by atoms with Crippen LogP contribution < -0.4 is 0 Å². The molecule has 2 aromatic rings. The van der Waals surface area contributed by atoms with Crippen LogP contribution in [0.15, 0.2) is 30.7 Å². The number of aryl methyl sites for hydroxylation is 2. The fourth-order valence-electron chi connectivity index (χ4n) is 1.93. The molecule has 2 N–H and O–H groups in total. The highest BCUT2D eigenvalue weighted by Crippen LogP contribution is 2.30. The molecule has 0 aliphatic rings. The fourth-order valence-corrected chi connectivity index (χ4v) is 1.93. The Hall–Kier alpha value is -1.61. The van der Waals surface area contributed by atoms with E-state index in [1.807, 2.05) is 32.0 Å². The first kappa shape index (κ1) is 10.9. The maximum absolute atomic E-state index is 10.6. The van der Waals surface area contributed by atoms with Gasteiger partial charge in [0, 0.05) is 0 Å². The number of aromatic amines is 1. The maximum atomic E-state index is 10.6. The van der Waals surface area contributed by atoms with E-state index in [0.29, 0.717) is 5.69 Å². The van der Waals surface area contributed by atoms with Crippen molar-refractivity contribution in [1.29, 1.82) is 0 Å². The first-order valence-electron chi connectivity index (χ1n) is 5.31. The summed E-state index contributed by atoms with van der Waals surface area (Å²) in [7, 11) is 0. The van der Waals surface area contributed by atoms with E-state index in [9.17, 15) is 5.11 Å². The topological polar surface area (TPSA) is 48.9 Å². The van der Waals surface area contributed by atoms with Crippen LogP contribution in [0.5, 0.6) is 0 Å². The van der Waals surface area contributed by atoms with Gasteiger partial charge in [0.1, 0.15) is 5.60 Å². The van der Waals surface area contributed by atoms with Crippen LogP contribution in [0, 0.1) is 13.8 Å². The van der Waals surface area contributed by atoms with Crippen molar-refractivity contribution in [2.75, 3.05) is 0 Å². The Morgan fingerprint density at radius 1 is 1.31 bits per heavy atom. The second-order valence-corrected chi connectivity index (χ2v) is 4.36. The van der Waals surface area contributed by atoms with Gasteiger partial charge in [0.2, 0.25) is 0 Å². The molecule has 0 aliphatic carbocycles. The second-order valence-electron chi connectivity index (χ2n) is 4.36. The van der Waals surface area contributed by atoms with Gasteiger partial charge in [0.25, 0.3) is 0 Å². The summed E-state index contributed by atoms with van der Waals surface area (Å²) in [4.78, 5) is 6.91. The van der Waals surface area contributed by atoms with Gasteiger partial charge in [-0.2, -0.15) is 0 Å². The molecular weight excluding hydrogens is 200 g/mol. The van der Waals surface area contributed by atoms with Gasteiger partial charge in [-0.05, 0) is 31.9 Å². The van der Waals surface area contributed by atoms with Crippen molar-refractivity contribution in [1.82, 2.24) is 9.97 Å². The summed E-state index contributed by atoms with van der Waals surface area (Å²) >= 11 is 0. The van der Waals surface area contributed by atoms with E-state index in [0.717, 1.165) is 16.7 Å². The summed E-state index contributed by atoms with van der Waals surface area (Å²) in [6.45, 7) is 5.80. The molecule has 1 heterocycles. The van der Waals surface area contributed by atoms with Crippen LogP contribution in [0.4, 0.5) is 0 Å². The molecule has 0 radical (unpaired) electrons. The molecule has 0 aliphatic heterocycles. The Labute approximate surface area is 95.2 Å². The molecule has 0 fully saturated rings. The second kappa shape index (κ2) is 3.76. The third-order valence-corrected chi connectivity index (χ3v) is 2.94. The van der Waals surface area contributed by atoms with Gasteiger partial charge in [-0.3, -0.25) is 0 Å². The van der Waals surface area contributed by atoms with Crippen LogP contribution in [0.3, 0.4) is 0 Å². The van der Waals surface area contributed by atoms with Gasteiger partial charge in [0.05, 0.1) is 18.2 Å². The third kappa shape index (κ3) is 1.74. The number of nitrogens with one attached hydrogen (secondary N) is 1. The van der Waals surface area contributed by atoms with Gasteiger partial charge in [0.15, 0.2) is 0 Å². The smallest absolute Gasteiger partial charge is 0.128 e. The van der Waals surface area contributed by atoms with Crippen LogP contribution in [0.25, 0.3) is 0 Å². The van der Waals surface area contributed by atoms with E-state index in [-0.39, 0.29) is 0 Å². The van der Waals surface area contributed by atoms with Crippen molar-refractivity contribution in [3.8, 4) is 0 Å². The van der Waals surface area contributed by atoms with Crippen LogP contribution in [0.1, 0.15) is 29.3 Å². The van der Waals surface area contributed by atoms with Gasteiger partial charge in [-0.25, -0.2) is 4.98 Å². The number of benzene rings is 1. The summed E-state index contributed by atoms with van der Waals surface area (Å²) in [6.07, 6.45) is 3.23. The minimum atomic E-state index is -1.02. The lowest BCUT2D eigenvalue weighted by molar-refractivity contribution is 0.0971. The number of aromatic nitrogens is 2. The van der Waals surface area contributed by atoms with Crippen LogP contribution in [-0.2, 0) is 5.60 Å². The lowest BCUT2D eigenvalue weighted by Crippen LogP contribution is -2.24. The molecule has 1 aromatic heterocycles. The Balaban J connectivity index is 2.55. The number of hydrogen-bond acceptors (Lipinski definition) is 2. The quantitative estimate of drug-likeness (QED) is 0.809. The molecule has 0 spiro atoms. The standard InChI is InChI=1S/C13H16N2O/c1-9-4-5-10(2)11(6-9)13(3,16)12-7-14-8-15-12/h4-8,16H,1-3H3,(H,14,15). The molecule has 0 amide bonds. The summed E-state index contributed by atoms with van der Waals surface area (Å²) < 4.78 is 0. The largest absolute Gasteiger partial charge is 0.379 e. The summed E-state index contributed by atoms with van der Waals surface area (Å²) in [5.74, 6) is 0. The zero-order valence-electron chi connectivity index (χ0n) is 9.78. The lowest BCUT2D eigenvalue weighted by Gasteiger charge is -2.24. The zero-order chi connectivity index (χ0) is 11.8. The van der Waals surface area contributed by atoms with Crippen molar-refractivity contribution < 1.29 is 5.11 Å². The molecule has 1 unspecified atom stereocenters. The SMILES string of the molecule is Cc1ccc(C)c(C(C)(O)c2cnc[nH]2)c1. The molecule has 2 rings (SSSR count). The fraction of sp³-hybridized carbons (Fsp3) is 0.308. The number of aliphatic hydroxyl groups is 1. The van der Waals surface area contributed by atoms with Crippen molar-refractivity contribution in [2.24, 2.45) is 0 Å². The minimum absolute atomic E-state index is 0.709. The van der Waals surface area contributed by atoms with E-state index in [1.54, 1.807) is 19.4 Å². The van der Waals surface area contributed by atoms with Crippen LogP contribution >= 0.6 is 0 Å². The maximum Gasteiger partial charge on any atom is 0.128 e. The van der Waals surface area contributed by atoms with Crippen LogP contribution in [0.2, 0.25) is 0 Å². The number of H-pyrrole nitrogens is 1. The summed E-state index contributed by atoms with van der Waals surface area (Å²) in [6, 6.07) is 6.08. The number of imidazole rings is 1. The minimum Gasteiger partial charge on any atom is -0.379 e. The van der Waals surface area contributed by atoms with Gasteiger partial charge in [-0.1, -0.05) is 23.8 Å². The average molecular weight is 216 g/mol. The third-order valence-electron chi connectivity index (χ3n) is 2.94. The number of nitrogens with zero attached hydrogens (tertiary/aromatic N) is 1. The van der Waals surface area contributed by atoms with Crippen LogP contribution in [-0.4, -0.2) is 15.1 Å². The number of rotatable bonds is 2. The average Bonchev–Trinajstić information content (AvgIpc) is 2.75. The molecule has 0 saturated heterocycles. The predicted molar refractivity (Wildman–Crippen MR) is 63.2 cm³/mol. The van der Waals surface area contributed by atoms with Crippen molar-refractivity contribution in [3.63, 3.8) is 0 Å². The molecule has 84 valence electrons. The van der Waals surface area contributed by atoms with E-state index in [1.165, 1.54) is 0 Å². The van der Waals surface area contributed by atoms with Gasteiger partial charge >= 0.3 is 0 Å². The summed E-state index contributed by atoms with van der Waals surface area (Å²) in [5.41, 5.74) is 2.82. The van der Waals surface area contributed by atoms with Gasteiger partial charge in [-0.15, -0.1) is 0 Å². The first-order valence-corrected chi connectivity index (χ1v) is 5.31. The molecule has 0 bridgehead atoms. The Morgan fingerprint density at radius 3 is 2.69 bits per heavy atom. The van der Waals surface area contributed by atoms with E-state index < -0.39 is 5.60 Å². The first-order chi connectivity index (χ1) is 7.51. The Kier molecular flexibility index (Phi) is 2.56. The molecule has 1 atom stereocenters. The normalized spacial score (nSPS) is 14.8. The van der Waals surface area contributed by atoms with Gasteiger partial charge < -0.3 is 10.1 Å². The highest BCUT2D eigenvalue weighted by molar-refractivity contribution is 5.39. The molecule has 3 nitrogen and oxygen atoms in total. The highest BCUT2D eigenvalue weighted by Gasteiger charge is 2.28. The predicted octanol–water partition coefficient (Wildman–Crippen LogP) is 2.28. The molecule has 16 heavy (non-hydrogen) atoms. The Bertz CT molecular complexity index is 487. The monoisotopic (exact) mass is 216 g/mol. The van der Waals surface area contributed by atoms with E-state index in [4.69, 9.17) is 0 Å². The zero-order valence-corrected chi connectivity index (χ0v) is 9.78. The molecule has 0 saturated carbocycles. The number of hydrogen-bond donors (Lipinski definition) is 2. The summed E-state index contributed by atoms with van der Waals surface area (Å²) in [5, 5.41) is 10.6. The van der Waals surface area contributed by atoms with Crippen molar-refractivity contribution >= 4 is 0 Å². The van der Waals surface area contributed by atoms with Crippen molar-refractivity contribution in [2.45, 2.75) is 26.4 Å². The van der Waals surface area contributed by atoms with E-state index in [2.05, 4.69) is 9.97 Å². The van der Waals surface area contributed by atoms with E-state index >= 15 is 0 Å². The molecule has 3 heteroatoms. The Morgan fingerprint density at radius 2 is 2.06 bits per heavy atom. The highest BCUT2D eigenvalue weighted by atomic mass is 16.3. The molecular formula is C13H16N2O.